The van der Waals surface area contributed by atoms with Crippen molar-refractivity contribution < 1.29 is 8.78 Å². The summed E-state index contributed by atoms with van der Waals surface area (Å²) in [6.45, 7) is -0.621. The Kier molecular flexibility index (Phi) is 2.44. The van der Waals surface area contributed by atoms with Gasteiger partial charge in [-0.15, -0.1) is 0 Å². The molecule has 0 aliphatic carbocycles. The highest BCUT2D eigenvalue weighted by Gasteiger charge is 2.27. The fourth-order valence-electron chi connectivity index (χ4n) is 1.65. The summed E-state index contributed by atoms with van der Waals surface area (Å²) in [5.41, 5.74) is 6.39. The van der Waals surface area contributed by atoms with Crippen LogP contribution in [-0.2, 0) is 6.42 Å². The van der Waals surface area contributed by atoms with E-state index >= 15 is 0 Å². The van der Waals surface area contributed by atoms with Crippen LogP contribution in [0, 0.1) is 0 Å². The standard InChI is InChI=1S/C11H12F2N2/c12-11(13,7-14)6-9-3-1-2-8-4-5-15-10(8)9/h1-5,15H,6-7,14H2. The third-order valence-electron chi connectivity index (χ3n) is 2.42. The summed E-state index contributed by atoms with van der Waals surface area (Å²) in [5.74, 6) is -2.83. The molecule has 0 aliphatic rings. The van der Waals surface area contributed by atoms with Gasteiger partial charge in [-0.25, -0.2) is 8.78 Å². The van der Waals surface area contributed by atoms with Gasteiger partial charge in [0.15, 0.2) is 0 Å². The molecule has 0 radical (unpaired) electrons. The van der Waals surface area contributed by atoms with Crippen molar-refractivity contribution >= 4 is 10.9 Å². The number of H-pyrrole nitrogens is 1. The molecule has 0 atom stereocenters. The number of alkyl halides is 2. The summed E-state index contributed by atoms with van der Waals surface area (Å²) in [6, 6.07) is 7.22. The minimum atomic E-state index is -2.83. The molecule has 1 aromatic heterocycles. The van der Waals surface area contributed by atoms with Crippen molar-refractivity contribution in [1.29, 1.82) is 0 Å². The minimum absolute atomic E-state index is 0.318. The first-order valence-corrected chi connectivity index (χ1v) is 4.75. The van der Waals surface area contributed by atoms with E-state index in [0.29, 0.717) is 5.56 Å². The van der Waals surface area contributed by atoms with E-state index in [1.165, 1.54) is 0 Å². The zero-order chi connectivity index (χ0) is 10.9. The fraction of sp³-hybridized carbons (Fsp3) is 0.273. The summed E-state index contributed by atoms with van der Waals surface area (Å²) in [7, 11) is 0. The normalized spacial score (nSPS) is 12.2. The molecule has 1 heterocycles. The van der Waals surface area contributed by atoms with Crippen molar-refractivity contribution in [3.8, 4) is 0 Å². The van der Waals surface area contributed by atoms with Gasteiger partial charge in [0.05, 0.1) is 6.54 Å². The van der Waals surface area contributed by atoms with E-state index in [2.05, 4.69) is 4.98 Å². The lowest BCUT2D eigenvalue weighted by molar-refractivity contribution is 0.0118. The Balaban J connectivity index is 2.39. The van der Waals surface area contributed by atoms with E-state index in [1.54, 1.807) is 18.3 Å². The number of halogens is 2. The Morgan fingerprint density at radius 2 is 2.07 bits per heavy atom. The van der Waals surface area contributed by atoms with Gasteiger partial charge in [-0.05, 0) is 17.0 Å². The topological polar surface area (TPSA) is 41.8 Å². The average Bonchev–Trinajstić information content (AvgIpc) is 2.66. The molecule has 2 rings (SSSR count). The van der Waals surface area contributed by atoms with Gasteiger partial charge >= 0.3 is 0 Å². The number of benzene rings is 1. The highest BCUT2D eigenvalue weighted by Crippen LogP contribution is 2.24. The van der Waals surface area contributed by atoms with Gasteiger partial charge in [0.2, 0.25) is 0 Å². The van der Waals surface area contributed by atoms with Crippen LogP contribution in [0.5, 0.6) is 0 Å². The number of aromatic amines is 1. The molecule has 0 bridgehead atoms. The maximum atomic E-state index is 13.1. The van der Waals surface area contributed by atoms with Crippen LogP contribution >= 0.6 is 0 Å². The van der Waals surface area contributed by atoms with Crippen molar-refractivity contribution in [1.82, 2.24) is 4.98 Å². The zero-order valence-corrected chi connectivity index (χ0v) is 8.13. The molecule has 2 nitrogen and oxygen atoms in total. The Morgan fingerprint density at radius 1 is 1.27 bits per heavy atom. The summed E-state index contributed by atoms with van der Waals surface area (Å²) >= 11 is 0. The third-order valence-corrected chi connectivity index (χ3v) is 2.42. The monoisotopic (exact) mass is 210 g/mol. The van der Waals surface area contributed by atoms with Gasteiger partial charge < -0.3 is 10.7 Å². The molecule has 3 N–H and O–H groups in total. The van der Waals surface area contributed by atoms with Gasteiger partial charge in [-0.3, -0.25) is 0 Å². The lowest BCUT2D eigenvalue weighted by Gasteiger charge is -2.14. The quantitative estimate of drug-likeness (QED) is 0.802. The zero-order valence-electron chi connectivity index (χ0n) is 8.13. The van der Waals surface area contributed by atoms with Gasteiger partial charge in [0.25, 0.3) is 5.92 Å². The second kappa shape index (κ2) is 3.62. The first-order valence-electron chi connectivity index (χ1n) is 4.75. The van der Waals surface area contributed by atoms with Crippen molar-refractivity contribution in [2.45, 2.75) is 12.3 Å². The van der Waals surface area contributed by atoms with Crippen LogP contribution in [0.4, 0.5) is 8.78 Å². The number of nitrogens with one attached hydrogen (secondary N) is 1. The summed E-state index contributed by atoms with van der Waals surface area (Å²) < 4.78 is 26.3. The van der Waals surface area contributed by atoms with Gasteiger partial charge in [-0.2, -0.15) is 0 Å². The van der Waals surface area contributed by atoms with E-state index < -0.39 is 12.5 Å². The molecule has 0 unspecified atom stereocenters. The molecule has 0 amide bonds. The minimum Gasteiger partial charge on any atom is -0.361 e. The molecular weight excluding hydrogens is 198 g/mol. The number of aromatic nitrogens is 1. The van der Waals surface area contributed by atoms with E-state index in [1.807, 2.05) is 12.1 Å². The van der Waals surface area contributed by atoms with Gasteiger partial charge in [0.1, 0.15) is 0 Å². The highest BCUT2D eigenvalue weighted by molar-refractivity contribution is 5.82. The van der Waals surface area contributed by atoms with Crippen LogP contribution in [0.2, 0.25) is 0 Å². The molecule has 2 aromatic rings. The average molecular weight is 210 g/mol. The molecule has 0 spiro atoms. The molecule has 4 heteroatoms. The van der Waals surface area contributed by atoms with Crippen molar-refractivity contribution in [3.05, 3.63) is 36.0 Å². The lowest BCUT2D eigenvalue weighted by Crippen LogP contribution is -2.30. The maximum absolute atomic E-state index is 13.1. The molecular formula is C11H12F2N2. The number of rotatable bonds is 3. The number of hydrogen-bond acceptors (Lipinski definition) is 1. The fourth-order valence-corrected chi connectivity index (χ4v) is 1.65. The molecule has 15 heavy (non-hydrogen) atoms. The summed E-state index contributed by atoms with van der Waals surface area (Å²) in [6.07, 6.45) is 1.43. The Hall–Kier alpha value is -1.42. The molecule has 0 aliphatic heterocycles. The van der Waals surface area contributed by atoms with Crippen LogP contribution in [-0.4, -0.2) is 17.5 Å². The van der Waals surface area contributed by atoms with Crippen molar-refractivity contribution in [2.75, 3.05) is 6.54 Å². The molecule has 0 saturated heterocycles. The van der Waals surface area contributed by atoms with E-state index in [4.69, 9.17) is 5.73 Å². The number of hydrogen-bond donors (Lipinski definition) is 2. The largest absolute Gasteiger partial charge is 0.361 e. The second-order valence-corrected chi connectivity index (χ2v) is 3.60. The van der Waals surface area contributed by atoms with E-state index in [-0.39, 0.29) is 6.42 Å². The van der Waals surface area contributed by atoms with Gasteiger partial charge in [-0.1, -0.05) is 18.2 Å². The molecule has 1 aromatic carbocycles. The van der Waals surface area contributed by atoms with Crippen LogP contribution in [0.25, 0.3) is 10.9 Å². The number of fused-ring (bicyclic) bond motifs is 1. The first-order chi connectivity index (χ1) is 7.12. The van der Waals surface area contributed by atoms with Crippen LogP contribution in [0.3, 0.4) is 0 Å². The second-order valence-electron chi connectivity index (χ2n) is 3.60. The summed E-state index contributed by atoms with van der Waals surface area (Å²) in [5, 5.41) is 0.945. The first kappa shape index (κ1) is 10.1. The summed E-state index contributed by atoms with van der Waals surface area (Å²) in [4.78, 5) is 2.96. The SMILES string of the molecule is NCC(F)(F)Cc1cccc2cc[nH]c12. The molecule has 0 fully saturated rings. The van der Waals surface area contributed by atoms with E-state index in [9.17, 15) is 8.78 Å². The van der Waals surface area contributed by atoms with Gasteiger partial charge in [0, 0.05) is 18.1 Å². The van der Waals surface area contributed by atoms with E-state index in [0.717, 1.165) is 10.9 Å². The number of para-hydroxylation sites is 1. The molecule has 80 valence electrons. The molecule has 0 saturated carbocycles. The van der Waals surface area contributed by atoms with Crippen molar-refractivity contribution in [2.24, 2.45) is 5.73 Å². The Morgan fingerprint density at radius 3 is 2.80 bits per heavy atom. The smallest absolute Gasteiger partial charge is 0.264 e. The van der Waals surface area contributed by atoms with Crippen LogP contribution in [0.1, 0.15) is 5.56 Å². The van der Waals surface area contributed by atoms with Crippen LogP contribution < -0.4 is 5.73 Å². The predicted octanol–water partition coefficient (Wildman–Crippen LogP) is 2.30. The van der Waals surface area contributed by atoms with Crippen LogP contribution in [0.15, 0.2) is 30.5 Å². The van der Waals surface area contributed by atoms with Crippen molar-refractivity contribution in [3.63, 3.8) is 0 Å². The maximum Gasteiger partial charge on any atom is 0.264 e. The Bertz CT molecular complexity index is 462. The number of nitrogens with two attached hydrogens (primary N) is 1. The highest BCUT2D eigenvalue weighted by atomic mass is 19.3. The Labute approximate surface area is 86.1 Å². The lowest BCUT2D eigenvalue weighted by atomic mass is 10.0. The predicted molar refractivity (Wildman–Crippen MR) is 56.0 cm³/mol. The third kappa shape index (κ3) is 1.99.